The van der Waals surface area contributed by atoms with Crippen molar-refractivity contribution in [1.82, 2.24) is 0 Å². The summed E-state index contributed by atoms with van der Waals surface area (Å²) in [6, 6.07) is 19.4. The molecule has 5 nitrogen and oxygen atoms in total. The maximum atomic E-state index is 12.2. The van der Waals surface area contributed by atoms with E-state index in [1.165, 1.54) is 5.39 Å². The number of carbonyl (C=O) groups excluding carboxylic acids is 1. The predicted octanol–water partition coefficient (Wildman–Crippen LogP) is 3.91. The molecule has 3 aromatic rings. The zero-order valence-electron chi connectivity index (χ0n) is 14.2. The van der Waals surface area contributed by atoms with Crippen LogP contribution >= 0.6 is 0 Å². The molecule has 0 atom stereocenters. The standard InChI is InChI=1S/C20H20N2O3/c1-24-18-10-9-17(12-19(18)25-2)22-20(23)13-21-16-8-7-14-5-3-4-6-15(14)11-16/h3-12,21H,13H2,1-2H3,(H,22,23). The molecule has 0 spiro atoms. The van der Waals surface area contributed by atoms with E-state index in [9.17, 15) is 4.79 Å². The van der Waals surface area contributed by atoms with E-state index in [4.69, 9.17) is 9.47 Å². The maximum Gasteiger partial charge on any atom is 0.243 e. The Bertz CT molecular complexity index is 893. The first-order valence-electron chi connectivity index (χ1n) is 7.94. The van der Waals surface area contributed by atoms with Crippen molar-refractivity contribution in [1.29, 1.82) is 0 Å². The minimum absolute atomic E-state index is 0.139. The molecule has 0 heterocycles. The fraction of sp³-hybridized carbons (Fsp3) is 0.150. The highest BCUT2D eigenvalue weighted by Crippen LogP contribution is 2.29. The molecule has 0 aliphatic rings. The Balaban J connectivity index is 1.62. The third kappa shape index (κ3) is 4.01. The van der Waals surface area contributed by atoms with Crippen molar-refractivity contribution in [2.45, 2.75) is 0 Å². The van der Waals surface area contributed by atoms with E-state index in [0.717, 1.165) is 11.1 Å². The molecule has 5 heteroatoms. The maximum absolute atomic E-state index is 12.2. The Morgan fingerprint density at radius 3 is 2.32 bits per heavy atom. The summed E-state index contributed by atoms with van der Waals surface area (Å²) >= 11 is 0. The van der Waals surface area contributed by atoms with E-state index in [0.29, 0.717) is 17.2 Å². The van der Waals surface area contributed by atoms with Crippen molar-refractivity contribution in [2.24, 2.45) is 0 Å². The highest BCUT2D eigenvalue weighted by atomic mass is 16.5. The Kier molecular flexibility index (Phi) is 5.04. The number of benzene rings is 3. The van der Waals surface area contributed by atoms with Gasteiger partial charge < -0.3 is 20.1 Å². The minimum Gasteiger partial charge on any atom is -0.493 e. The minimum atomic E-state index is -0.139. The highest BCUT2D eigenvalue weighted by Gasteiger charge is 2.07. The van der Waals surface area contributed by atoms with Crippen LogP contribution in [0, 0.1) is 0 Å². The third-order valence-corrected chi connectivity index (χ3v) is 3.87. The second kappa shape index (κ2) is 7.57. The first-order valence-corrected chi connectivity index (χ1v) is 7.94. The number of anilines is 2. The van der Waals surface area contributed by atoms with Crippen LogP contribution in [0.15, 0.2) is 60.7 Å². The first kappa shape index (κ1) is 16.6. The number of methoxy groups -OCH3 is 2. The molecule has 25 heavy (non-hydrogen) atoms. The molecule has 1 amide bonds. The number of hydrogen-bond acceptors (Lipinski definition) is 4. The topological polar surface area (TPSA) is 59.6 Å². The van der Waals surface area contributed by atoms with Crippen LogP contribution in [-0.2, 0) is 4.79 Å². The number of fused-ring (bicyclic) bond motifs is 1. The van der Waals surface area contributed by atoms with E-state index in [-0.39, 0.29) is 12.5 Å². The molecular formula is C20H20N2O3. The van der Waals surface area contributed by atoms with Gasteiger partial charge in [0.25, 0.3) is 0 Å². The van der Waals surface area contributed by atoms with Crippen molar-refractivity contribution in [2.75, 3.05) is 31.4 Å². The molecule has 0 aromatic heterocycles. The van der Waals surface area contributed by atoms with Gasteiger partial charge in [-0.05, 0) is 35.0 Å². The third-order valence-electron chi connectivity index (χ3n) is 3.87. The lowest BCUT2D eigenvalue weighted by Gasteiger charge is -2.11. The van der Waals surface area contributed by atoms with Gasteiger partial charge in [0.2, 0.25) is 5.91 Å². The SMILES string of the molecule is COc1ccc(NC(=O)CNc2ccc3ccccc3c2)cc1OC. The fourth-order valence-electron chi connectivity index (χ4n) is 2.60. The molecule has 3 aromatic carbocycles. The van der Waals surface area contributed by atoms with Gasteiger partial charge in [-0.3, -0.25) is 4.79 Å². The Labute approximate surface area is 146 Å². The van der Waals surface area contributed by atoms with Crippen LogP contribution in [0.4, 0.5) is 11.4 Å². The highest BCUT2D eigenvalue weighted by molar-refractivity contribution is 5.94. The van der Waals surface area contributed by atoms with Crippen LogP contribution in [0.3, 0.4) is 0 Å². The van der Waals surface area contributed by atoms with Crippen LogP contribution in [0.1, 0.15) is 0 Å². The van der Waals surface area contributed by atoms with Gasteiger partial charge in [0, 0.05) is 17.4 Å². The van der Waals surface area contributed by atoms with Gasteiger partial charge in [-0.1, -0.05) is 30.3 Å². The van der Waals surface area contributed by atoms with Crippen molar-refractivity contribution in [3.05, 3.63) is 60.7 Å². The summed E-state index contributed by atoms with van der Waals surface area (Å²) in [7, 11) is 3.13. The van der Waals surface area contributed by atoms with Gasteiger partial charge in [-0.25, -0.2) is 0 Å². The molecule has 3 rings (SSSR count). The molecule has 0 saturated carbocycles. The predicted molar refractivity (Wildman–Crippen MR) is 101 cm³/mol. The van der Waals surface area contributed by atoms with Crippen LogP contribution in [0.25, 0.3) is 10.8 Å². The smallest absolute Gasteiger partial charge is 0.243 e. The number of ether oxygens (including phenoxy) is 2. The van der Waals surface area contributed by atoms with E-state index >= 15 is 0 Å². The van der Waals surface area contributed by atoms with Crippen LogP contribution in [-0.4, -0.2) is 26.7 Å². The molecule has 0 fully saturated rings. The van der Waals surface area contributed by atoms with Crippen molar-refractivity contribution >= 4 is 28.1 Å². The summed E-state index contributed by atoms with van der Waals surface area (Å²) in [5, 5.41) is 8.28. The van der Waals surface area contributed by atoms with Crippen LogP contribution < -0.4 is 20.1 Å². The summed E-state index contributed by atoms with van der Waals surface area (Å²) in [4.78, 5) is 12.2. The summed E-state index contributed by atoms with van der Waals surface area (Å²) in [5.74, 6) is 1.05. The molecule has 0 aliphatic carbocycles. The summed E-state index contributed by atoms with van der Waals surface area (Å²) in [5.41, 5.74) is 1.56. The monoisotopic (exact) mass is 336 g/mol. The molecule has 0 radical (unpaired) electrons. The Hall–Kier alpha value is -3.21. The summed E-state index contributed by atoms with van der Waals surface area (Å²) in [6.07, 6.45) is 0. The molecular weight excluding hydrogens is 316 g/mol. The van der Waals surface area contributed by atoms with E-state index in [1.807, 2.05) is 36.4 Å². The molecule has 0 bridgehead atoms. The van der Waals surface area contributed by atoms with E-state index < -0.39 is 0 Å². The second-order valence-corrected chi connectivity index (χ2v) is 5.53. The molecule has 0 aliphatic heterocycles. The number of carbonyl (C=O) groups is 1. The largest absolute Gasteiger partial charge is 0.493 e. The number of amides is 1. The Morgan fingerprint density at radius 2 is 1.56 bits per heavy atom. The normalized spacial score (nSPS) is 10.3. The average Bonchev–Trinajstić information content (AvgIpc) is 2.66. The van der Waals surface area contributed by atoms with Gasteiger partial charge >= 0.3 is 0 Å². The Morgan fingerprint density at radius 1 is 0.840 bits per heavy atom. The molecule has 2 N–H and O–H groups in total. The van der Waals surface area contributed by atoms with Gasteiger partial charge in [0.05, 0.1) is 20.8 Å². The lowest BCUT2D eigenvalue weighted by molar-refractivity contribution is -0.114. The number of nitrogens with one attached hydrogen (secondary N) is 2. The fourth-order valence-corrected chi connectivity index (χ4v) is 2.60. The van der Waals surface area contributed by atoms with Gasteiger partial charge in [0.1, 0.15) is 0 Å². The van der Waals surface area contributed by atoms with E-state index in [2.05, 4.69) is 16.7 Å². The van der Waals surface area contributed by atoms with E-state index in [1.54, 1.807) is 32.4 Å². The van der Waals surface area contributed by atoms with Crippen molar-refractivity contribution in [3.8, 4) is 11.5 Å². The number of rotatable bonds is 6. The molecule has 0 unspecified atom stereocenters. The van der Waals surface area contributed by atoms with Gasteiger partial charge in [0.15, 0.2) is 11.5 Å². The summed E-state index contributed by atoms with van der Waals surface area (Å²) in [6.45, 7) is 0.173. The molecule has 0 saturated heterocycles. The first-order chi connectivity index (χ1) is 12.2. The average molecular weight is 336 g/mol. The van der Waals surface area contributed by atoms with Gasteiger partial charge in [-0.15, -0.1) is 0 Å². The van der Waals surface area contributed by atoms with Crippen molar-refractivity contribution in [3.63, 3.8) is 0 Å². The lowest BCUT2D eigenvalue weighted by atomic mass is 10.1. The van der Waals surface area contributed by atoms with Crippen molar-refractivity contribution < 1.29 is 14.3 Å². The van der Waals surface area contributed by atoms with Gasteiger partial charge in [-0.2, -0.15) is 0 Å². The second-order valence-electron chi connectivity index (χ2n) is 5.53. The zero-order valence-corrected chi connectivity index (χ0v) is 14.2. The van der Waals surface area contributed by atoms with Crippen LogP contribution in [0.5, 0.6) is 11.5 Å². The number of hydrogen-bond donors (Lipinski definition) is 2. The summed E-state index contributed by atoms with van der Waals surface area (Å²) < 4.78 is 10.4. The van der Waals surface area contributed by atoms with Crippen LogP contribution in [0.2, 0.25) is 0 Å². The molecule has 128 valence electrons. The lowest BCUT2D eigenvalue weighted by Crippen LogP contribution is -2.21. The quantitative estimate of drug-likeness (QED) is 0.716. The zero-order chi connectivity index (χ0) is 17.6.